The molecule has 1 unspecified atom stereocenters. The van der Waals surface area contributed by atoms with Crippen LogP contribution in [0.15, 0.2) is 24.3 Å². The summed E-state index contributed by atoms with van der Waals surface area (Å²) in [5.41, 5.74) is 13.9. The summed E-state index contributed by atoms with van der Waals surface area (Å²) in [6.07, 6.45) is -1.43. The molecule has 0 heterocycles. The van der Waals surface area contributed by atoms with Gasteiger partial charge >= 0.3 is 12.3 Å². The number of ether oxygens (including phenoxy) is 1. The number of carbonyl (C=O) groups is 2. The number of benzene rings is 1. The molecule has 0 aliphatic carbocycles. The fourth-order valence-corrected chi connectivity index (χ4v) is 1.44. The quantitative estimate of drug-likeness (QED) is 0.492. The van der Waals surface area contributed by atoms with Crippen LogP contribution in [-0.4, -0.2) is 29.0 Å². The minimum Gasteiger partial charge on any atom is -0.437 e. The lowest BCUT2D eigenvalue weighted by atomic mass is 10.1. The highest BCUT2D eigenvalue weighted by Crippen LogP contribution is 2.12. The van der Waals surface area contributed by atoms with Crippen molar-refractivity contribution in [3.05, 3.63) is 40.4 Å². The number of primary amides is 1. The first-order valence-electron chi connectivity index (χ1n) is 4.94. The molecule has 0 bridgehead atoms. The van der Waals surface area contributed by atoms with Gasteiger partial charge < -0.3 is 16.0 Å². The van der Waals surface area contributed by atoms with Gasteiger partial charge in [0.1, 0.15) is 0 Å². The highest BCUT2D eigenvalue weighted by Gasteiger charge is 2.23. The Bertz CT molecular complexity index is 495. The zero-order valence-electron chi connectivity index (χ0n) is 9.25. The average molecular weight is 268 g/mol. The Balaban J connectivity index is 2.83. The molecule has 0 spiro atoms. The van der Waals surface area contributed by atoms with E-state index in [-0.39, 0.29) is 6.42 Å². The maximum absolute atomic E-state index is 11.5. The smallest absolute Gasteiger partial charge is 0.405 e. The molecule has 0 fully saturated rings. The molecule has 1 amide bonds. The van der Waals surface area contributed by atoms with E-state index in [1.165, 1.54) is 0 Å². The van der Waals surface area contributed by atoms with Crippen LogP contribution >= 0.6 is 11.6 Å². The maximum Gasteiger partial charge on any atom is 0.405 e. The van der Waals surface area contributed by atoms with E-state index in [1.807, 2.05) is 0 Å². The second-order valence-electron chi connectivity index (χ2n) is 3.40. The van der Waals surface area contributed by atoms with E-state index >= 15 is 0 Å². The summed E-state index contributed by atoms with van der Waals surface area (Å²) in [6.45, 7) is 0. The van der Waals surface area contributed by atoms with Crippen molar-refractivity contribution in [3.63, 3.8) is 0 Å². The molecule has 0 saturated heterocycles. The third-order valence-electron chi connectivity index (χ3n) is 2.10. The summed E-state index contributed by atoms with van der Waals surface area (Å²) in [5, 5.41) is 0.550. The largest absolute Gasteiger partial charge is 0.437 e. The van der Waals surface area contributed by atoms with Crippen LogP contribution in [0.4, 0.5) is 4.79 Å². The Labute approximate surface area is 108 Å². The van der Waals surface area contributed by atoms with Crippen molar-refractivity contribution < 1.29 is 19.1 Å². The molecule has 7 heteroatoms. The molecular weight excluding hydrogens is 258 g/mol. The van der Waals surface area contributed by atoms with Gasteiger partial charge in [0.15, 0.2) is 6.10 Å². The summed E-state index contributed by atoms with van der Waals surface area (Å²) < 4.78 is 4.65. The van der Waals surface area contributed by atoms with E-state index in [0.717, 1.165) is 5.56 Å². The lowest BCUT2D eigenvalue weighted by Gasteiger charge is -2.11. The monoisotopic (exact) mass is 267 g/mol. The Morgan fingerprint density at radius 2 is 2.06 bits per heavy atom. The number of carbonyl (C=O) groups excluding carboxylic acids is 2. The highest BCUT2D eigenvalue weighted by molar-refractivity contribution is 6.30. The number of hydrogen-bond donors (Lipinski definition) is 1. The fourth-order valence-electron chi connectivity index (χ4n) is 1.32. The van der Waals surface area contributed by atoms with Crippen molar-refractivity contribution >= 4 is 29.7 Å². The van der Waals surface area contributed by atoms with Crippen molar-refractivity contribution in [2.24, 2.45) is 5.73 Å². The zero-order chi connectivity index (χ0) is 13.5. The molecule has 0 saturated carbocycles. The molecule has 6 nitrogen and oxygen atoms in total. The minimum absolute atomic E-state index is 0.116. The lowest BCUT2D eigenvalue weighted by molar-refractivity contribution is -0.123. The van der Waals surface area contributed by atoms with E-state index in [0.29, 0.717) is 11.2 Å². The molecule has 2 N–H and O–H groups in total. The summed E-state index contributed by atoms with van der Waals surface area (Å²) >= 11 is 5.72. The molecule has 0 aliphatic rings. The highest BCUT2D eigenvalue weighted by atomic mass is 35.5. The summed E-state index contributed by atoms with van der Waals surface area (Å²) in [6, 6.07) is 6.65. The van der Waals surface area contributed by atoms with Crippen LogP contribution in [0.2, 0.25) is 5.02 Å². The van der Waals surface area contributed by atoms with Gasteiger partial charge in [-0.3, -0.25) is 4.79 Å². The van der Waals surface area contributed by atoms with Crippen molar-refractivity contribution in [3.8, 4) is 0 Å². The van der Waals surface area contributed by atoms with Gasteiger partial charge in [-0.05, 0) is 17.7 Å². The second-order valence-corrected chi connectivity index (χ2v) is 3.84. The number of rotatable bonds is 5. The number of halogens is 1. The van der Waals surface area contributed by atoms with Crippen LogP contribution in [0.1, 0.15) is 5.56 Å². The van der Waals surface area contributed by atoms with Gasteiger partial charge in [0.05, 0.1) is 0 Å². The first-order chi connectivity index (χ1) is 8.52. The average Bonchev–Trinajstić information content (AvgIpc) is 2.31. The van der Waals surface area contributed by atoms with Crippen LogP contribution < -0.4 is 5.73 Å². The Morgan fingerprint density at radius 1 is 1.44 bits per heavy atom. The van der Waals surface area contributed by atoms with Gasteiger partial charge in [-0.15, -0.1) is 0 Å². The molecule has 1 aromatic rings. The van der Waals surface area contributed by atoms with Gasteiger partial charge in [0, 0.05) is 11.4 Å². The standard InChI is InChI=1S/C11H10ClN3O3/c12-8-3-1-7(2-4-8)5-10(18-11(13)17)9(16)6-15-14/h1-4,6,10H,5H2,(H2,13,17). The van der Waals surface area contributed by atoms with Gasteiger partial charge in [0.25, 0.3) is 5.78 Å². The van der Waals surface area contributed by atoms with E-state index in [2.05, 4.69) is 9.53 Å². The SMILES string of the molecule is [N-]=[N+]=CC(=O)C(Cc1ccc(Cl)cc1)OC(N)=O. The normalized spacial score (nSPS) is 11.2. The van der Waals surface area contributed by atoms with Crippen LogP contribution in [0, 0.1) is 0 Å². The van der Waals surface area contributed by atoms with Crippen LogP contribution in [0.5, 0.6) is 0 Å². The number of nitrogens with two attached hydrogens (primary N) is 1. The predicted molar refractivity (Wildman–Crippen MR) is 64.3 cm³/mol. The van der Waals surface area contributed by atoms with Gasteiger partial charge in [-0.1, -0.05) is 23.7 Å². The molecule has 1 aromatic carbocycles. The van der Waals surface area contributed by atoms with Gasteiger partial charge in [-0.25, -0.2) is 4.79 Å². The Hall–Kier alpha value is -2.17. The number of hydrogen-bond acceptors (Lipinski definition) is 3. The molecule has 0 radical (unpaired) electrons. The van der Waals surface area contributed by atoms with Gasteiger partial charge in [0.2, 0.25) is 0 Å². The zero-order valence-corrected chi connectivity index (χ0v) is 10.0. The first-order valence-corrected chi connectivity index (χ1v) is 5.32. The minimum atomic E-state index is -1.13. The molecule has 0 aromatic heterocycles. The molecule has 18 heavy (non-hydrogen) atoms. The number of Topliss-reactive ketones (excluding diaryl/α,β-unsaturated/α-hetero) is 1. The van der Waals surface area contributed by atoms with Crippen molar-refractivity contribution in [1.82, 2.24) is 0 Å². The van der Waals surface area contributed by atoms with E-state index in [9.17, 15) is 9.59 Å². The molecule has 94 valence electrons. The number of ketones is 1. The van der Waals surface area contributed by atoms with Crippen LogP contribution in [0.3, 0.4) is 0 Å². The topological polar surface area (TPSA) is 106 Å². The maximum atomic E-state index is 11.5. The summed E-state index contributed by atoms with van der Waals surface area (Å²) in [5.74, 6) is -0.661. The third-order valence-corrected chi connectivity index (χ3v) is 2.35. The fraction of sp³-hybridized carbons (Fsp3) is 0.182. The third kappa shape index (κ3) is 4.37. The predicted octanol–water partition coefficient (Wildman–Crippen LogP) is 1.22. The molecule has 1 rings (SSSR count). The number of amides is 1. The van der Waals surface area contributed by atoms with Crippen molar-refractivity contribution in [2.75, 3.05) is 0 Å². The van der Waals surface area contributed by atoms with E-state index < -0.39 is 18.0 Å². The first kappa shape index (κ1) is 13.9. The number of nitrogens with zero attached hydrogens (tertiary/aromatic N) is 2. The van der Waals surface area contributed by atoms with Crippen LogP contribution in [0.25, 0.3) is 5.53 Å². The summed E-state index contributed by atoms with van der Waals surface area (Å²) in [4.78, 5) is 24.8. The van der Waals surface area contributed by atoms with Crippen molar-refractivity contribution in [2.45, 2.75) is 12.5 Å². The van der Waals surface area contributed by atoms with E-state index in [4.69, 9.17) is 22.9 Å². The second kappa shape index (κ2) is 6.54. The van der Waals surface area contributed by atoms with E-state index in [1.54, 1.807) is 24.3 Å². The Morgan fingerprint density at radius 3 is 2.56 bits per heavy atom. The lowest BCUT2D eigenvalue weighted by Crippen LogP contribution is -2.32. The van der Waals surface area contributed by atoms with Crippen LogP contribution in [-0.2, 0) is 16.0 Å². The van der Waals surface area contributed by atoms with Crippen molar-refractivity contribution in [1.29, 1.82) is 0 Å². The summed E-state index contributed by atoms with van der Waals surface area (Å²) in [7, 11) is 0. The molecular formula is C11H10ClN3O3. The molecule has 0 aliphatic heterocycles. The molecule has 1 atom stereocenters. The van der Waals surface area contributed by atoms with Gasteiger partial charge in [-0.2, -0.15) is 4.79 Å². The Kier molecular flexibility index (Phi) is 5.05.